The van der Waals surface area contributed by atoms with Crippen molar-refractivity contribution in [3.8, 4) is 0 Å². The molecular formula is C15H16N4O3. The minimum Gasteiger partial charge on any atom is -0.423 e. The van der Waals surface area contributed by atoms with E-state index in [4.69, 9.17) is 9.15 Å². The van der Waals surface area contributed by atoms with Gasteiger partial charge in [-0.05, 0) is 12.1 Å². The predicted octanol–water partition coefficient (Wildman–Crippen LogP) is 1.28. The molecule has 1 amide bonds. The number of aromatic nitrogens is 1. The molecule has 0 spiro atoms. The first-order valence-electron chi connectivity index (χ1n) is 7.39. The molecule has 1 aromatic carbocycles. The Labute approximate surface area is 126 Å². The van der Waals surface area contributed by atoms with Crippen LogP contribution in [-0.2, 0) is 9.53 Å². The molecule has 0 saturated carbocycles. The third-order valence-electron chi connectivity index (χ3n) is 3.90. The Morgan fingerprint density at radius 3 is 2.82 bits per heavy atom. The molecule has 22 heavy (non-hydrogen) atoms. The summed E-state index contributed by atoms with van der Waals surface area (Å²) in [5.41, 5.74) is 5.90. The maximum absolute atomic E-state index is 11.2. The van der Waals surface area contributed by atoms with Gasteiger partial charge in [0, 0.05) is 31.5 Å². The number of hydrogen-bond donors (Lipinski definition) is 1. The Bertz CT molecular complexity index is 746. The summed E-state index contributed by atoms with van der Waals surface area (Å²) in [5, 5.41) is 4.11. The van der Waals surface area contributed by atoms with Crippen molar-refractivity contribution in [1.82, 2.24) is 10.4 Å². The van der Waals surface area contributed by atoms with Crippen LogP contribution in [0.25, 0.3) is 11.1 Å². The lowest BCUT2D eigenvalue weighted by atomic mass is 10.0. The monoisotopic (exact) mass is 300 g/mol. The number of hydrazone groups is 1. The van der Waals surface area contributed by atoms with Crippen LogP contribution in [-0.4, -0.2) is 42.9 Å². The van der Waals surface area contributed by atoms with Crippen LogP contribution in [0.3, 0.4) is 0 Å². The molecule has 0 aliphatic carbocycles. The summed E-state index contributed by atoms with van der Waals surface area (Å²) in [5.74, 6) is -0.0425. The molecule has 3 heterocycles. The number of carbonyl (C=O) groups excluding carboxylic acids is 1. The fourth-order valence-corrected chi connectivity index (χ4v) is 2.66. The molecule has 7 heteroatoms. The summed E-state index contributed by atoms with van der Waals surface area (Å²) in [6.07, 6.45) is 1.11. The topological polar surface area (TPSA) is 80.0 Å². The van der Waals surface area contributed by atoms with Gasteiger partial charge >= 0.3 is 0 Å². The van der Waals surface area contributed by atoms with Gasteiger partial charge in [0.15, 0.2) is 5.58 Å². The molecule has 0 bridgehead atoms. The summed E-state index contributed by atoms with van der Waals surface area (Å²) in [6.45, 7) is 2.97. The fraction of sp³-hybridized carbons (Fsp3) is 0.400. The molecular weight excluding hydrogens is 284 g/mol. The van der Waals surface area contributed by atoms with Gasteiger partial charge in [-0.2, -0.15) is 10.1 Å². The summed E-state index contributed by atoms with van der Waals surface area (Å²) >= 11 is 0. The Balaban J connectivity index is 1.64. The smallest absolute Gasteiger partial charge is 0.298 e. The van der Waals surface area contributed by atoms with Crippen LogP contribution >= 0.6 is 0 Å². The van der Waals surface area contributed by atoms with Gasteiger partial charge in [0.2, 0.25) is 5.91 Å². The highest BCUT2D eigenvalue weighted by atomic mass is 16.5. The highest BCUT2D eigenvalue weighted by molar-refractivity contribution is 6.05. The Kier molecular flexibility index (Phi) is 3.27. The van der Waals surface area contributed by atoms with Crippen LogP contribution in [0.4, 0.5) is 6.01 Å². The molecule has 0 atom stereocenters. The molecule has 0 unspecified atom stereocenters. The Hall–Kier alpha value is -2.41. The van der Waals surface area contributed by atoms with E-state index in [0.29, 0.717) is 32.1 Å². The maximum Gasteiger partial charge on any atom is 0.298 e. The zero-order valence-electron chi connectivity index (χ0n) is 12.0. The van der Waals surface area contributed by atoms with E-state index in [2.05, 4.69) is 20.4 Å². The van der Waals surface area contributed by atoms with Gasteiger partial charge in [-0.1, -0.05) is 6.07 Å². The molecule has 2 aliphatic heterocycles. The molecule has 1 saturated heterocycles. The van der Waals surface area contributed by atoms with E-state index >= 15 is 0 Å². The number of anilines is 1. The second-order valence-corrected chi connectivity index (χ2v) is 5.37. The van der Waals surface area contributed by atoms with Crippen molar-refractivity contribution >= 4 is 28.7 Å². The lowest BCUT2D eigenvalue weighted by molar-refractivity contribution is -0.121. The van der Waals surface area contributed by atoms with E-state index in [0.717, 1.165) is 35.5 Å². The van der Waals surface area contributed by atoms with Crippen molar-refractivity contribution in [1.29, 1.82) is 0 Å². The van der Waals surface area contributed by atoms with E-state index < -0.39 is 0 Å². The molecule has 114 valence electrons. The third kappa shape index (κ3) is 2.43. The van der Waals surface area contributed by atoms with E-state index in [9.17, 15) is 4.79 Å². The van der Waals surface area contributed by atoms with Crippen molar-refractivity contribution < 1.29 is 13.9 Å². The number of oxazole rings is 1. The van der Waals surface area contributed by atoms with Crippen molar-refractivity contribution in [3.63, 3.8) is 0 Å². The Morgan fingerprint density at radius 2 is 2.05 bits per heavy atom. The van der Waals surface area contributed by atoms with Crippen LogP contribution in [0.1, 0.15) is 18.4 Å². The van der Waals surface area contributed by atoms with Crippen molar-refractivity contribution in [2.75, 3.05) is 31.2 Å². The zero-order chi connectivity index (χ0) is 14.9. The Morgan fingerprint density at radius 1 is 1.18 bits per heavy atom. The normalized spacial score (nSPS) is 19.2. The number of morpholine rings is 1. The van der Waals surface area contributed by atoms with Gasteiger partial charge in [0.05, 0.1) is 18.9 Å². The number of carbonyl (C=O) groups is 1. The minimum atomic E-state index is -0.0425. The lowest BCUT2D eigenvalue weighted by Gasteiger charge is -2.24. The molecule has 4 rings (SSSR count). The molecule has 7 nitrogen and oxygen atoms in total. The van der Waals surface area contributed by atoms with E-state index in [1.807, 2.05) is 18.2 Å². The summed E-state index contributed by atoms with van der Waals surface area (Å²) in [7, 11) is 0. The average molecular weight is 300 g/mol. The highest BCUT2D eigenvalue weighted by Gasteiger charge is 2.18. The first-order chi connectivity index (χ1) is 10.8. The lowest BCUT2D eigenvalue weighted by Crippen LogP contribution is -2.36. The van der Waals surface area contributed by atoms with E-state index in [1.54, 1.807) is 0 Å². The standard InChI is InChI=1S/C15H16N4O3/c20-14-4-3-11(17-18-14)10-1-2-12-13(9-10)22-15(16-12)19-5-7-21-8-6-19/h1-2,9H,3-8H2,(H,18,20). The third-order valence-corrected chi connectivity index (χ3v) is 3.90. The molecule has 0 radical (unpaired) electrons. The van der Waals surface area contributed by atoms with Crippen molar-refractivity contribution in [2.45, 2.75) is 12.8 Å². The molecule has 1 aromatic heterocycles. The number of ether oxygens (including phenoxy) is 1. The van der Waals surface area contributed by atoms with Gasteiger partial charge < -0.3 is 14.1 Å². The number of amides is 1. The van der Waals surface area contributed by atoms with Gasteiger partial charge in [0.1, 0.15) is 5.52 Å². The number of benzene rings is 1. The molecule has 1 N–H and O–H groups in total. The van der Waals surface area contributed by atoms with Crippen LogP contribution in [0.2, 0.25) is 0 Å². The summed E-state index contributed by atoms with van der Waals surface area (Å²) in [4.78, 5) is 17.8. The van der Waals surface area contributed by atoms with Gasteiger partial charge in [0.25, 0.3) is 6.01 Å². The quantitative estimate of drug-likeness (QED) is 0.903. The zero-order valence-corrected chi connectivity index (χ0v) is 12.0. The largest absolute Gasteiger partial charge is 0.423 e. The highest BCUT2D eigenvalue weighted by Crippen LogP contribution is 2.24. The van der Waals surface area contributed by atoms with Crippen LogP contribution < -0.4 is 10.3 Å². The summed E-state index contributed by atoms with van der Waals surface area (Å²) < 4.78 is 11.2. The van der Waals surface area contributed by atoms with Crippen LogP contribution in [0, 0.1) is 0 Å². The molecule has 1 fully saturated rings. The maximum atomic E-state index is 11.2. The predicted molar refractivity (Wildman–Crippen MR) is 81.0 cm³/mol. The van der Waals surface area contributed by atoms with Gasteiger partial charge in [-0.25, -0.2) is 5.43 Å². The number of rotatable bonds is 2. The number of nitrogens with zero attached hydrogens (tertiary/aromatic N) is 3. The van der Waals surface area contributed by atoms with Crippen LogP contribution in [0.15, 0.2) is 27.7 Å². The SMILES string of the molecule is O=C1CCC(c2ccc3nc(N4CCOCC4)oc3c2)=NN1. The first kappa shape index (κ1) is 13.3. The van der Waals surface area contributed by atoms with Gasteiger partial charge in [-0.15, -0.1) is 0 Å². The average Bonchev–Trinajstić information content (AvgIpc) is 2.99. The van der Waals surface area contributed by atoms with E-state index in [1.165, 1.54) is 0 Å². The second kappa shape index (κ2) is 5.42. The number of hydrogen-bond acceptors (Lipinski definition) is 6. The van der Waals surface area contributed by atoms with Gasteiger partial charge in [-0.3, -0.25) is 4.79 Å². The molecule has 2 aromatic rings. The van der Waals surface area contributed by atoms with E-state index in [-0.39, 0.29) is 5.91 Å². The number of fused-ring (bicyclic) bond motifs is 1. The second-order valence-electron chi connectivity index (χ2n) is 5.37. The number of nitrogens with one attached hydrogen (secondary N) is 1. The minimum absolute atomic E-state index is 0.0425. The summed E-state index contributed by atoms with van der Waals surface area (Å²) in [6, 6.07) is 6.46. The molecule has 2 aliphatic rings. The first-order valence-corrected chi connectivity index (χ1v) is 7.39. The fourth-order valence-electron chi connectivity index (χ4n) is 2.66. The van der Waals surface area contributed by atoms with Crippen molar-refractivity contribution in [3.05, 3.63) is 23.8 Å². The van der Waals surface area contributed by atoms with Crippen LogP contribution in [0.5, 0.6) is 0 Å². The van der Waals surface area contributed by atoms with Crippen molar-refractivity contribution in [2.24, 2.45) is 5.10 Å².